The summed E-state index contributed by atoms with van der Waals surface area (Å²) in [7, 11) is 0. The number of halogens is 1. The van der Waals surface area contributed by atoms with Crippen molar-refractivity contribution in [3.05, 3.63) is 29.3 Å². The predicted molar refractivity (Wildman–Crippen MR) is 106 cm³/mol. The minimum Gasteiger partial charge on any atom is -0.453 e. The second kappa shape index (κ2) is 8.82. The number of carbonyl (C=O) groups is 4. The number of anilines is 1. The molecule has 1 atom stereocenters. The SMILES string of the molecule is C[C@@H](OC(=O)CCCN1C(=O)NC2(CCCC2)C1=O)C(=O)Nc1cccc(Cl)c1. The summed E-state index contributed by atoms with van der Waals surface area (Å²) in [6, 6.07) is 6.23. The fourth-order valence-corrected chi connectivity index (χ4v) is 3.89. The average molecular weight is 422 g/mol. The van der Waals surface area contributed by atoms with Crippen LogP contribution in [0.2, 0.25) is 5.02 Å². The number of amides is 4. The Morgan fingerprint density at radius 2 is 2.03 bits per heavy atom. The Hall–Kier alpha value is -2.61. The summed E-state index contributed by atoms with van der Waals surface area (Å²) in [5, 5.41) is 5.90. The molecule has 0 radical (unpaired) electrons. The molecule has 0 aromatic heterocycles. The minimum absolute atomic E-state index is 0.00115. The van der Waals surface area contributed by atoms with E-state index in [2.05, 4.69) is 10.6 Å². The van der Waals surface area contributed by atoms with Crippen LogP contribution in [0.4, 0.5) is 10.5 Å². The van der Waals surface area contributed by atoms with E-state index in [-0.39, 0.29) is 25.3 Å². The Labute approximate surface area is 173 Å². The Balaban J connectivity index is 1.42. The highest BCUT2D eigenvalue weighted by atomic mass is 35.5. The molecule has 2 aliphatic rings. The van der Waals surface area contributed by atoms with Gasteiger partial charge in [0, 0.05) is 23.7 Å². The maximum Gasteiger partial charge on any atom is 0.325 e. The molecule has 1 aromatic rings. The van der Waals surface area contributed by atoms with Crippen LogP contribution in [-0.2, 0) is 19.1 Å². The monoisotopic (exact) mass is 421 g/mol. The smallest absolute Gasteiger partial charge is 0.325 e. The first-order valence-corrected chi connectivity index (χ1v) is 10.1. The van der Waals surface area contributed by atoms with Crippen LogP contribution < -0.4 is 10.6 Å². The van der Waals surface area contributed by atoms with Crippen molar-refractivity contribution >= 4 is 41.1 Å². The van der Waals surface area contributed by atoms with E-state index in [9.17, 15) is 19.2 Å². The van der Waals surface area contributed by atoms with E-state index in [1.165, 1.54) is 11.8 Å². The number of nitrogens with one attached hydrogen (secondary N) is 2. The Kier molecular flexibility index (Phi) is 6.42. The molecule has 156 valence electrons. The van der Waals surface area contributed by atoms with Crippen LogP contribution in [0.3, 0.4) is 0 Å². The van der Waals surface area contributed by atoms with Crippen LogP contribution in [-0.4, -0.2) is 46.9 Å². The Bertz CT molecular complexity index is 822. The van der Waals surface area contributed by atoms with Gasteiger partial charge in [-0.1, -0.05) is 30.5 Å². The van der Waals surface area contributed by atoms with Crippen molar-refractivity contribution in [2.45, 2.75) is 57.1 Å². The second-order valence-corrected chi connectivity index (χ2v) is 7.85. The topological polar surface area (TPSA) is 105 Å². The summed E-state index contributed by atoms with van der Waals surface area (Å²) in [4.78, 5) is 50.0. The van der Waals surface area contributed by atoms with E-state index in [4.69, 9.17) is 16.3 Å². The number of benzene rings is 1. The first-order chi connectivity index (χ1) is 13.8. The number of urea groups is 1. The zero-order chi connectivity index (χ0) is 21.0. The van der Waals surface area contributed by atoms with Gasteiger partial charge in [-0.05, 0) is 44.4 Å². The zero-order valence-electron chi connectivity index (χ0n) is 16.2. The van der Waals surface area contributed by atoms with Crippen molar-refractivity contribution in [1.29, 1.82) is 0 Å². The largest absolute Gasteiger partial charge is 0.453 e. The number of imide groups is 1. The van der Waals surface area contributed by atoms with Crippen LogP contribution >= 0.6 is 11.6 Å². The molecule has 1 aliphatic heterocycles. The van der Waals surface area contributed by atoms with E-state index < -0.39 is 29.6 Å². The molecule has 1 aromatic carbocycles. The van der Waals surface area contributed by atoms with Gasteiger partial charge in [0.25, 0.3) is 11.8 Å². The molecule has 1 heterocycles. The van der Waals surface area contributed by atoms with Crippen molar-refractivity contribution in [2.24, 2.45) is 0 Å². The number of nitrogens with zero attached hydrogens (tertiary/aromatic N) is 1. The predicted octanol–water partition coefficient (Wildman–Crippen LogP) is 2.86. The molecule has 1 aliphatic carbocycles. The van der Waals surface area contributed by atoms with Crippen LogP contribution in [0.25, 0.3) is 0 Å². The van der Waals surface area contributed by atoms with Gasteiger partial charge in [0.2, 0.25) is 0 Å². The molecule has 1 saturated carbocycles. The number of rotatable bonds is 7. The molecule has 9 heteroatoms. The molecule has 3 rings (SSSR count). The summed E-state index contributed by atoms with van der Waals surface area (Å²) >= 11 is 5.87. The molecule has 2 N–H and O–H groups in total. The normalized spacial score (nSPS) is 18.6. The van der Waals surface area contributed by atoms with Crippen molar-refractivity contribution in [3.63, 3.8) is 0 Å². The van der Waals surface area contributed by atoms with Gasteiger partial charge in [0.15, 0.2) is 6.10 Å². The second-order valence-electron chi connectivity index (χ2n) is 7.41. The average Bonchev–Trinajstić information content (AvgIpc) is 3.22. The van der Waals surface area contributed by atoms with E-state index in [1.54, 1.807) is 24.3 Å². The standard InChI is InChI=1S/C20H24ClN3O5/c1-13(17(26)22-15-7-4-6-14(21)12-15)29-16(25)8-5-11-24-18(27)20(23-19(24)28)9-2-3-10-20/h4,6-7,12-13H,2-3,5,8-11H2,1H3,(H,22,26)(H,23,28)/t13-/m1/s1. The molecular formula is C20H24ClN3O5. The third-order valence-electron chi connectivity index (χ3n) is 5.24. The van der Waals surface area contributed by atoms with Gasteiger partial charge < -0.3 is 15.4 Å². The zero-order valence-corrected chi connectivity index (χ0v) is 17.0. The van der Waals surface area contributed by atoms with Gasteiger partial charge in [-0.2, -0.15) is 0 Å². The molecule has 0 bridgehead atoms. The summed E-state index contributed by atoms with van der Waals surface area (Å²) in [6.45, 7) is 1.61. The van der Waals surface area contributed by atoms with Crippen molar-refractivity contribution in [3.8, 4) is 0 Å². The fraction of sp³-hybridized carbons (Fsp3) is 0.500. The van der Waals surface area contributed by atoms with Gasteiger partial charge in [0.1, 0.15) is 5.54 Å². The van der Waals surface area contributed by atoms with Gasteiger partial charge in [0.05, 0.1) is 0 Å². The van der Waals surface area contributed by atoms with Gasteiger partial charge in [-0.3, -0.25) is 19.3 Å². The van der Waals surface area contributed by atoms with E-state index >= 15 is 0 Å². The molecule has 1 spiro atoms. The highest BCUT2D eigenvalue weighted by molar-refractivity contribution is 6.30. The molecule has 2 fully saturated rings. The van der Waals surface area contributed by atoms with Crippen LogP contribution in [0, 0.1) is 0 Å². The molecule has 0 unspecified atom stereocenters. The third kappa shape index (κ3) is 4.87. The molecule has 1 saturated heterocycles. The highest BCUT2D eigenvalue weighted by Crippen LogP contribution is 2.35. The Morgan fingerprint density at radius 1 is 1.31 bits per heavy atom. The van der Waals surface area contributed by atoms with Gasteiger partial charge in [-0.25, -0.2) is 4.79 Å². The lowest BCUT2D eigenvalue weighted by molar-refractivity contribution is -0.153. The quantitative estimate of drug-likeness (QED) is 0.520. The fourth-order valence-electron chi connectivity index (χ4n) is 3.70. The number of esters is 1. The van der Waals surface area contributed by atoms with Gasteiger partial charge >= 0.3 is 12.0 Å². The van der Waals surface area contributed by atoms with Crippen molar-refractivity contribution in [2.75, 3.05) is 11.9 Å². The maximum atomic E-state index is 12.5. The van der Waals surface area contributed by atoms with Crippen molar-refractivity contribution < 1.29 is 23.9 Å². The first-order valence-electron chi connectivity index (χ1n) is 9.71. The lowest BCUT2D eigenvalue weighted by Crippen LogP contribution is -2.44. The molecule has 29 heavy (non-hydrogen) atoms. The summed E-state index contributed by atoms with van der Waals surface area (Å²) < 4.78 is 5.14. The number of carbonyl (C=O) groups excluding carboxylic acids is 4. The van der Waals surface area contributed by atoms with E-state index in [1.807, 2.05) is 0 Å². The van der Waals surface area contributed by atoms with Crippen LogP contribution in [0.5, 0.6) is 0 Å². The van der Waals surface area contributed by atoms with Crippen LogP contribution in [0.1, 0.15) is 45.4 Å². The lowest BCUT2D eigenvalue weighted by atomic mass is 9.98. The summed E-state index contributed by atoms with van der Waals surface area (Å²) in [5.41, 5.74) is -0.241. The lowest BCUT2D eigenvalue weighted by Gasteiger charge is -2.20. The van der Waals surface area contributed by atoms with Gasteiger partial charge in [-0.15, -0.1) is 0 Å². The third-order valence-corrected chi connectivity index (χ3v) is 5.47. The number of hydrogen-bond acceptors (Lipinski definition) is 5. The van der Waals surface area contributed by atoms with Crippen molar-refractivity contribution in [1.82, 2.24) is 10.2 Å². The van der Waals surface area contributed by atoms with Crippen LogP contribution in [0.15, 0.2) is 24.3 Å². The van der Waals surface area contributed by atoms with E-state index in [0.29, 0.717) is 23.6 Å². The number of ether oxygens (including phenoxy) is 1. The molecule has 8 nitrogen and oxygen atoms in total. The summed E-state index contributed by atoms with van der Waals surface area (Å²) in [6.07, 6.45) is 2.45. The van der Waals surface area contributed by atoms with E-state index in [0.717, 1.165) is 12.8 Å². The highest BCUT2D eigenvalue weighted by Gasteiger charge is 2.52. The Morgan fingerprint density at radius 3 is 2.72 bits per heavy atom. The molecule has 4 amide bonds. The molecular weight excluding hydrogens is 398 g/mol. The summed E-state index contributed by atoms with van der Waals surface area (Å²) in [5.74, 6) is -1.25. The number of hydrogen-bond donors (Lipinski definition) is 2. The minimum atomic E-state index is -0.986. The maximum absolute atomic E-state index is 12.5. The first kappa shape index (κ1) is 21.1.